The number of hydrogen-bond acceptors (Lipinski definition) is 2. The molecule has 1 aliphatic rings. The lowest BCUT2D eigenvalue weighted by molar-refractivity contribution is 0.118. The summed E-state index contributed by atoms with van der Waals surface area (Å²) < 4.78 is 1.17. The van der Waals surface area contributed by atoms with E-state index in [-0.39, 0.29) is 0 Å². The molecule has 1 heterocycles. The summed E-state index contributed by atoms with van der Waals surface area (Å²) in [6, 6.07) is 8.65. The highest BCUT2D eigenvalue weighted by Gasteiger charge is 2.32. The number of nitrogens with zero attached hydrogens (tertiary/aromatic N) is 1. The fourth-order valence-electron chi connectivity index (χ4n) is 3.56. The zero-order valence-corrected chi connectivity index (χ0v) is 14.4. The summed E-state index contributed by atoms with van der Waals surface area (Å²) in [5, 5.41) is 3.60. The maximum absolute atomic E-state index is 3.60. The van der Waals surface area contributed by atoms with Gasteiger partial charge in [0.2, 0.25) is 0 Å². The van der Waals surface area contributed by atoms with Gasteiger partial charge in [-0.3, -0.25) is 0 Å². The number of halogens is 1. The predicted octanol–water partition coefficient (Wildman–Crippen LogP) is 4.05. The molecule has 1 aliphatic heterocycles. The Morgan fingerprint density at radius 3 is 2.90 bits per heavy atom. The van der Waals surface area contributed by atoms with Gasteiger partial charge in [-0.25, -0.2) is 0 Å². The number of benzene rings is 1. The Labute approximate surface area is 132 Å². The molecule has 1 aromatic carbocycles. The van der Waals surface area contributed by atoms with Crippen LogP contribution in [0.2, 0.25) is 0 Å². The first-order valence-electron chi connectivity index (χ1n) is 7.77. The smallest absolute Gasteiger partial charge is 0.0231 e. The van der Waals surface area contributed by atoms with Gasteiger partial charge >= 0.3 is 0 Å². The van der Waals surface area contributed by atoms with Crippen molar-refractivity contribution < 1.29 is 0 Å². The Balaban J connectivity index is 1.95. The van der Waals surface area contributed by atoms with Gasteiger partial charge in [-0.05, 0) is 56.0 Å². The highest BCUT2D eigenvalue weighted by Crippen LogP contribution is 2.32. The van der Waals surface area contributed by atoms with Crippen LogP contribution in [0.15, 0.2) is 28.7 Å². The first-order chi connectivity index (χ1) is 9.63. The molecule has 0 saturated carbocycles. The predicted molar refractivity (Wildman–Crippen MR) is 89.9 cm³/mol. The van der Waals surface area contributed by atoms with Gasteiger partial charge < -0.3 is 10.2 Å². The van der Waals surface area contributed by atoms with Gasteiger partial charge in [-0.2, -0.15) is 0 Å². The zero-order chi connectivity index (χ0) is 14.4. The highest BCUT2D eigenvalue weighted by molar-refractivity contribution is 9.10. The lowest BCUT2D eigenvalue weighted by Crippen LogP contribution is -2.46. The minimum Gasteiger partial charge on any atom is -0.316 e. The molecule has 0 radical (unpaired) electrons. The third-order valence-corrected chi connectivity index (χ3v) is 4.78. The molecule has 0 bridgehead atoms. The van der Waals surface area contributed by atoms with E-state index in [0.717, 1.165) is 6.54 Å². The Kier molecular flexibility index (Phi) is 6.06. The first-order valence-corrected chi connectivity index (χ1v) is 8.56. The van der Waals surface area contributed by atoms with Crippen LogP contribution in [0.3, 0.4) is 0 Å². The number of nitrogens with one attached hydrogen (secondary N) is 1. The lowest BCUT2D eigenvalue weighted by atomic mass is 9.76. The second kappa shape index (κ2) is 7.58. The molecule has 1 saturated heterocycles. The molecule has 20 heavy (non-hydrogen) atoms. The minimum atomic E-state index is 0.480. The SMILES string of the molecule is CCCC1(CN(C)Cc2cccc(Br)c2)CCCNC1. The monoisotopic (exact) mass is 338 g/mol. The summed E-state index contributed by atoms with van der Waals surface area (Å²) >= 11 is 3.56. The van der Waals surface area contributed by atoms with Gasteiger partial charge in [0.25, 0.3) is 0 Å². The molecule has 1 atom stereocenters. The third-order valence-electron chi connectivity index (χ3n) is 4.29. The van der Waals surface area contributed by atoms with E-state index in [2.05, 4.69) is 64.4 Å². The van der Waals surface area contributed by atoms with Gasteiger partial charge in [-0.1, -0.05) is 41.4 Å². The molecule has 3 heteroatoms. The van der Waals surface area contributed by atoms with Gasteiger partial charge in [-0.15, -0.1) is 0 Å². The summed E-state index contributed by atoms with van der Waals surface area (Å²) in [6.45, 7) is 6.92. The van der Waals surface area contributed by atoms with Crippen molar-refractivity contribution in [1.82, 2.24) is 10.2 Å². The summed E-state index contributed by atoms with van der Waals surface area (Å²) in [5.74, 6) is 0. The van der Waals surface area contributed by atoms with Crippen LogP contribution in [0.4, 0.5) is 0 Å². The van der Waals surface area contributed by atoms with Crippen LogP contribution in [0.1, 0.15) is 38.2 Å². The molecule has 112 valence electrons. The maximum atomic E-state index is 3.60. The van der Waals surface area contributed by atoms with Crippen LogP contribution in [-0.2, 0) is 6.54 Å². The Morgan fingerprint density at radius 2 is 2.25 bits per heavy atom. The summed E-state index contributed by atoms with van der Waals surface area (Å²) in [5.41, 5.74) is 1.87. The quantitative estimate of drug-likeness (QED) is 0.841. The Hall–Kier alpha value is -0.380. The molecule has 0 aliphatic carbocycles. The minimum absolute atomic E-state index is 0.480. The summed E-state index contributed by atoms with van der Waals surface area (Å²) in [6.07, 6.45) is 5.32. The lowest BCUT2D eigenvalue weighted by Gasteiger charge is -2.40. The van der Waals surface area contributed by atoms with Crippen LogP contribution in [-0.4, -0.2) is 31.6 Å². The van der Waals surface area contributed by atoms with Crippen molar-refractivity contribution in [3.8, 4) is 0 Å². The second-order valence-corrected chi connectivity index (χ2v) is 7.25. The third kappa shape index (κ3) is 4.57. The van der Waals surface area contributed by atoms with Crippen molar-refractivity contribution in [3.63, 3.8) is 0 Å². The van der Waals surface area contributed by atoms with E-state index in [4.69, 9.17) is 0 Å². The van der Waals surface area contributed by atoms with Crippen LogP contribution in [0.5, 0.6) is 0 Å². The molecule has 0 amide bonds. The molecule has 1 N–H and O–H groups in total. The van der Waals surface area contributed by atoms with Gasteiger partial charge in [0, 0.05) is 24.1 Å². The number of rotatable bonds is 6. The fourth-order valence-corrected chi connectivity index (χ4v) is 4.01. The molecular formula is C17H27BrN2. The summed E-state index contributed by atoms with van der Waals surface area (Å²) in [7, 11) is 2.26. The van der Waals surface area contributed by atoms with E-state index in [0.29, 0.717) is 5.41 Å². The molecular weight excluding hydrogens is 312 g/mol. The van der Waals surface area contributed by atoms with Crippen molar-refractivity contribution in [1.29, 1.82) is 0 Å². The average molecular weight is 339 g/mol. The fraction of sp³-hybridized carbons (Fsp3) is 0.647. The Morgan fingerprint density at radius 1 is 1.40 bits per heavy atom. The van der Waals surface area contributed by atoms with E-state index in [1.165, 1.54) is 55.4 Å². The average Bonchev–Trinajstić information content (AvgIpc) is 2.39. The summed E-state index contributed by atoms with van der Waals surface area (Å²) in [4.78, 5) is 2.49. The van der Waals surface area contributed by atoms with Gasteiger partial charge in [0.05, 0.1) is 0 Å². The van der Waals surface area contributed by atoms with Crippen molar-refractivity contribution in [3.05, 3.63) is 34.3 Å². The molecule has 2 rings (SSSR count). The first kappa shape index (κ1) is 16.0. The number of hydrogen-bond donors (Lipinski definition) is 1. The Bertz CT molecular complexity index is 408. The van der Waals surface area contributed by atoms with Crippen molar-refractivity contribution >= 4 is 15.9 Å². The van der Waals surface area contributed by atoms with Gasteiger partial charge in [0.15, 0.2) is 0 Å². The maximum Gasteiger partial charge on any atom is 0.0231 e. The topological polar surface area (TPSA) is 15.3 Å². The van der Waals surface area contributed by atoms with Crippen molar-refractivity contribution in [2.24, 2.45) is 5.41 Å². The van der Waals surface area contributed by atoms with Crippen LogP contribution >= 0.6 is 15.9 Å². The second-order valence-electron chi connectivity index (χ2n) is 6.33. The molecule has 1 unspecified atom stereocenters. The van der Waals surface area contributed by atoms with Crippen molar-refractivity contribution in [2.75, 3.05) is 26.7 Å². The highest BCUT2D eigenvalue weighted by atomic mass is 79.9. The molecule has 0 aromatic heterocycles. The van der Waals surface area contributed by atoms with E-state index >= 15 is 0 Å². The standard InChI is InChI=1S/C17H27BrN2/c1-3-8-17(9-5-10-19-13-17)14-20(2)12-15-6-4-7-16(18)11-15/h4,6-7,11,19H,3,5,8-10,12-14H2,1-2H3. The molecule has 0 spiro atoms. The van der Waals surface area contributed by atoms with Crippen LogP contribution in [0.25, 0.3) is 0 Å². The largest absolute Gasteiger partial charge is 0.316 e. The van der Waals surface area contributed by atoms with E-state index in [1.807, 2.05) is 0 Å². The van der Waals surface area contributed by atoms with Crippen LogP contribution < -0.4 is 5.32 Å². The van der Waals surface area contributed by atoms with E-state index < -0.39 is 0 Å². The van der Waals surface area contributed by atoms with Gasteiger partial charge in [0.1, 0.15) is 0 Å². The number of piperidine rings is 1. The normalized spacial score (nSPS) is 23.2. The molecule has 2 nitrogen and oxygen atoms in total. The molecule has 1 aromatic rings. The zero-order valence-electron chi connectivity index (χ0n) is 12.8. The van der Waals surface area contributed by atoms with Crippen molar-refractivity contribution in [2.45, 2.75) is 39.2 Å². The molecule has 1 fully saturated rings. The van der Waals surface area contributed by atoms with Crippen LogP contribution in [0, 0.1) is 5.41 Å². The van der Waals surface area contributed by atoms with E-state index in [1.54, 1.807) is 0 Å². The van der Waals surface area contributed by atoms with E-state index in [9.17, 15) is 0 Å².